The van der Waals surface area contributed by atoms with Crippen molar-refractivity contribution in [1.29, 1.82) is 0 Å². The predicted molar refractivity (Wildman–Crippen MR) is 156 cm³/mol. The number of hydrogen-bond donors (Lipinski definition) is 1. The maximum atomic E-state index is 13.5. The van der Waals surface area contributed by atoms with Crippen molar-refractivity contribution >= 4 is 22.7 Å². The number of nitrogens with zero attached hydrogens (tertiary/aromatic N) is 1. The molecule has 1 unspecified atom stereocenters. The van der Waals surface area contributed by atoms with E-state index in [4.69, 9.17) is 9.84 Å². The van der Waals surface area contributed by atoms with Gasteiger partial charge in [-0.25, -0.2) is 0 Å². The molecule has 1 heterocycles. The van der Waals surface area contributed by atoms with Crippen LogP contribution in [0.4, 0.5) is 0 Å². The second-order valence-electron chi connectivity index (χ2n) is 10.3. The molecule has 1 aromatic heterocycles. The molecule has 39 heavy (non-hydrogen) atoms. The van der Waals surface area contributed by atoms with E-state index in [0.29, 0.717) is 35.8 Å². The second kappa shape index (κ2) is 13.1. The van der Waals surface area contributed by atoms with Crippen molar-refractivity contribution in [2.45, 2.75) is 59.1 Å². The van der Waals surface area contributed by atoms with Gasteiger partial charge in [0.15, 0.2) is 5.78 Å². The fourth-order valence-corrected chi connectivity index (χ4v) is 4.79. The molecule has 0 bridgehead atoms. The van der Waals surface area contributed by atoms with Crippen LogP contribution in [0.1, 0.15) is 73.2 Å². The van der Waals surface area contributed by atoms with Crippen LogP contribution in [0, 0.1) is 5.92 Å². The number of carboxylic acids is 1. The predicted octanol–water partition coefficient (Wildman–Crippen LogP) is 8.02. The van der Waals surface area contributed by atoms with E-state index in [9.17, 15) is 9.59 Å². The number of hydrogen-bond acceptors (Lipinski definition) is 3. The van der Waals surface area contributed by atoms with Gasteiger partial charge in [-0.05, 0) is 72.7 Å². The number of ketones is 1. The van der Waals surface area contributed by atoms with Gasteiger partial charge in [-0.2, -0.15) is 0 Å². The smallest absolute Gasteiger partial charge is 0.303 e. The number of para-hydroxylation sites is 1. The molecule has 0 aliphatic rings. The van der Waals surface area contributed by atoms with Gasteiger partial charge >= 0.3 is 5.97 Å². The van der Waals surface area contributed by atoms with E-state index < -0.39 is 5.97 Å². The summed E-state index contributed by atoms with van der Waals surface area (Å²) in [6.45, 7) is 7.08. The van der Waals surface area contributed by atoms with Gasteiger partial charge in [-0.15, -0.1) is 0 Å². The summed E-state index contributed by atoms with van der Waals surface area (Å²) in [7, 11) is 0. The van der Waals surface area contributed by atoms with Crippen LogP contribution in [-0.4, -0.2) is 21.4 Å². The summed E-state index contributed by atoms with van der Waals surface area (Å²) < 4.78 is 8.32. The molecule has 4 aromatic rings. The molecule has 202 valence electrons. The Morgan fingerprint density at radius 3 is 2.36 bits per heavy atom. The molecule has 0 amide bonds. The Hall–Kier alpha value is -4.12. The second-order valence-corrected chi connectivity index (χ2v) is 10.3. The number of aliphatic carboxylic acids is 1. The Balaban J connectivity index is 1.52. The summed E-state index contributed by atoms with van der Waals surface area (Å²) in [6.07, 6.45) is 8.37. The molecular weight excluding hydrogens is 486 g/mol. The van der Waals surface area contributed by atoms with Crippen molar-refractivity contribution in [1.82, 2.24) is 4.57 Å². The van der Waals surface area contributed by atoms with E-state index in [-0.39, 0.29) is 18.3 Å². The van der Waals surface area contributed by atoms with Crippen LogP contribution in [0.15, 0.2) is 91.1 Å². The highest BCUT2D eigenvalue weighted by molar-refractivity contribution is 6.16. The number of benzene rings is 3. The minimum Gasteiger partial charge on any atom is -0.482 e. The third kappa shape index (κ3) is 7.26. The lowest BCUT2D eigenvalue weighted by atomic mass is 10.00. The largest absolute Gasteiger partial charge is 0.482 e. The molecule has 5 heteroatoms. The van der Waals surface area contributed by atoms with Crippen molar-refractivity contribution < 1.29 is 19.4 Å². The number of carbonyl (C=O) groups excluding carboxylic acids is 1. The number of rotatable bonds is 13. The van der Waals surface area contributed by atoms with Crippen molar-refractivity contribution in [3.63, 3.8) is 0 Å². The van der Waals surface area contributed by atoms with Gasteiger partial charge in [0.1, 0.15) is 11.9 Å². The number of allylic oxidation sites excluding steroid dienone is 1. The van der Waals surface area contributed by atoms with Crippen LogP contribution in [0.5, 0.6) is 5.75 Å². The topological polar surface area (TPSA) is 68.5 Å². The normalized spacial score (nSPS) is 12.3. The molecule has 0 fully saturated rings. The van der Waals surface area contributed by atoms with Crippen LogP contribution in [0.3, 0.4) is 0 Å². The molecule has 0 saturated heterocycles. The van der Waals surface area contributed by atoms with Gasteiger partial charge in [0.05, 0.1) is 0 Å². The molecule has 0 aliphatic heterocycles. The molecule has 1 atom stereocenters. The highest BCUT2D eigenvalue weighted by Crippen LogP contribution is 2.28. The molecule has 4 rings (SSSR count). The number of aromatic nitrogens is 1. The summed E-state index contributed by atoms with van der Waals surface area (Å²) in [6, 6.07) is 23.7. The first-order valence-corrected chi connectivity index (χ1v) is 13.7. The Kier molecular flexibility index (Phi) is 9.37. The first kappa shape index (κ1) is 27.9. The average molecular weight is 524 g/mol. The van der Waals surface area contributed by atoms with Crippen LogP contribution in [0.2, 0.25) is 0 Å². The lowest BCUT2D eigenvalue weighted by molar-refractivity contribution is -0.137. The monoisotopic (exact) mass is 523 g/mol. The SMILES string of the molecule is CCC=CC(Oc1ccc(C(=O)c2cn(CCCC(=O)O)c3ccccc23)cc1)c1ccc(CC(C)C)cc1. The first-order valence-electron chi connectivity index (χ1n) is 13.7. The van der Waals surface area contributed by atoms with E-state index in [1.807, 2.05) is 47.2 Å². The van der Waals surface area contributed by atoms with Gasteiger partial charge in [-0.1, -0.05) is 69.3 Å². The van der Waals surface area contributed by atoms with Gasteiger partial charge in [0, 0.05) is 41.2 Å². The fraction of sp³-hybridized carbons (Fsp3) is 0.294. The lowest BCUT2D eigenvalue weighted by Crippen LogP contribution is -2.06. The molecule has 3 aromatic carbocycles. The standard InChI is InChI=1S/C34H37NO4/c1-4-5-11-32(26-15-13-25(14-16-26)22-24(2)3)39-28-19-17-27(18-20-28)34(38)30-23-35(21-8-12-33(36)37)31-10-7-6-9-29(30)31/h5-7,9-11,13-20,23-24,32H,4,8,12,21-22H2,1-3H3,(H,36,37). The number of carboxylic acid groups (broad SMARTS) is 1. The zero-order valence-electron chi connectivity index (χ0n) is 23.0. The van der Waals surface area contributed by atoms with Crippen LogP contribution in [-0.2, 0) is 17.8 Å². The van der Waals surface area contributed by atoms with E-state index in [1.54, 1.807) is 12.1 Å². The minimum atomic E-state index is -0.819. The van der Waals surface area contributed by atoms with Crippen molar-refractivity contribution in [3.8, 4) is 5.75 Å². The third-order valence-corrected chi connectivity index (χ3v) is 6.70. The maximum Gasteiger partial charge on any atom is 0.303 e. The number of ether oxygens (including phenoxy) is 1. The minimum absolute atomic E-state index is 0.0714. The van der Waals surface area contributed by atoms with Gasteiger partial charge < -0.3 is 14.4 Å². The molecular formula is C34H37NO4. The molecule has 5 nitrogen and oxygen atoms in total. The maximum absolute atomic E-state index is 13.5. The van der Waals surface area contributed by atoms with E-state index in [1.165, 1.54) is 5.56 Å². The van der Waals surface area contributed by atoms with E-state index in [2.05, 4.69) is 57.2 Å². The summed E-state index contributed by atoms with van der Waals surface area (Å²) in [4.78, 5) is 24.4. The molecule has 1 N–H and O–H groups in total. The Morgan fingerprint density at radius 2 is 1.69 bits per heavy atom. The number of fused-ring (bicyclic) bond motifs is 1. The molecule has 0 saturated carbocycles. The summed E-state index contributed by atoms with van der Waals surface area (Å²) in [5.74, 6) is 0.413. The molecule has 0 spiro atoms. The van der Waals surface area contributed by atoms with E-state index in [0.717, 1.165) is 29.3 Å². The fourth-order valence-electron chi connectivity index (χ4n) is 4.79. The molecule has 0 aliphatic carbocycles. The van der Waals surface area contributed by atoms with Crippen molar-refractivity contribution in [2.75, 3.05) is 0 Å². The van der Waals surface area contributed by atoms with Crippen LogP contribution < -0.4 is 4.74 Å². The van der Waals surface area contributed by atoms with Crippen LogP contribution >= 0.6 is 0 Å². The van der Waals surface area contributed by atoms with Crippen molar-refractivity contribution in [2.24, 2.45) is 5.92 Å². The summed E-state index contributed by atoms with van der Waals surface area (Å²) >= 11 is 0. The van der Waals surface area contributed by atoms with Gasteiger partial charge in [0.25, 0.3) is 0 Å². The van der Waals surface area contributed by atoms with Crippen LogP contribution in [0.25, 0.3) is 10.9 Å². The summed E-state index contributed by atoms with van der Waals surface area (Å²) in [5.41, 5.74) is 4.52. The van der Waals surface area contributed by atoms with Gasteiger partial charge in [0.2, 0.25) is 0 Å². The highest BCUT2D eigenvalue weighted by atomic mass is 16.5. The highest BCUT2D eigenvalue weighted by Gasteiger charge is 2.18. The zero-order chi connectivity index (χ0) is 27.8. The Labute approximate surface area is 230 Å². The Bertz CT molecular complexity index is 1430. The zero-order valence-corrected chi connectivity index (χ0v) is 23.0. The quantitative estimate of drug-likeness (QED) is 0.142. The average Bonchev–Trinajstić information content (AvgIpc) is 3.29. The summed E-state index contributed by atoms with van der Waals surface area (Å²) in [5, 5.41) is 9.86. The van der Waals surface area contributed by atoms with Crippen molar-refractivity contribution in [3.05, 3.63) is 113 Å². The first-order chi connectivity index (χ1) is 18.9. The molecule has 0 radical (unpaired) electrons. The van der Waals surface area contributed by atoms with E-state index >= 15 is 0 Å². The van der Waals surface area contributed by atoms with Gasteiger partial charge in [-0.3, -0.25) is 9.59 Å². The number of aryl methyl sites for hydroxylation is 1. The third-order valence-electron chi connectivity index (χ3n) is 6.70. The Morgan fingerprint density at radius 1 is 0.974 bits per heavy atom. The lowest BCUT2D eigenvalue weighted by Gasteiger charge is -2.17. The number of carbonyl (C=O) groups is 2.